The average Bonchev–Trinajstić information content (AvgIpc) is 2.61. The van der Waals surface area contributed by atoms with Gasteiger partial charge in [0.1, 0.15) is 0 Å². The fourth-order valence-corrected chi connectivity index (χ4v) is 1.26. The molecule has 0 saturated heterocycles. The minimum atomic E-state index is -4.09. The summed E-state index contributed by atoms with van der Waals surface area (Å²) >= 11 is 0. The molecule has 12 heavy (non-hydrogen) atoms. The van der Waals surface area contributed by atoms with Crippen molar-refractivity contribution in [2.75, 3.05) is 0 Å². The second-order valence-corrected chi connectivity index (χ2v) is 3.60. The van der Waals surface area contributed by atoms with E-state index in [1.807, 2.05) is 0 Å². The van der Waals surface area contributed by atoms with Crippen molar-refractivity contribution in [2.24, 2.45) is 11.7 Å². The van der Waals surface area contributed by atoms with Crippen LogP contribution in [0.4, 0.5) is 13.2 Å². The Morgan fingerprint density at radius 1 is 1.33 bits per heavy atom. The second-order valence-electron chi connectivity index (χ2n) is 3.60. The lowest BCUT2D eigenvalue weighted by molar-refractivity contribution is -0.138. The number of hydrogen-bond acceptors (Lipinski definition) is 1. The van der Waals surface area contributed by atoms with Gasteiger partial charge in [0.15, 0.2) is 0 Å². The van der Waals surface area contributed by atoms with Crippen LogP contribution in [-0.4, -0.2) is 12.2 Å². The quantitative estimate of drug-likeness (QED) is 0.708. The number of halogens is 3. The zero-order chi connectivity index (χ0) is 9.19. The zero-order valence-electron chi connectivity index (χ0n) is 6.90. The maximum atomic E-state index is 11.8. The third-order valence-electron chi connectivity index (χ3n) is 2.14. The molecule has 0 spiro atoms. The van der Waals surface area contributed by atoms with E-state index >= 15 is 0 Å². The molecular formula is C8H14F3N. The molecule has 0 bridgehead atoms. The lowest BCUT2D eigenvalue weighted by atomic mass is 10.1. The molecule has 1 atom stereocenters. The summed E-state index contributed by atoms with van der Waals surface area (Å²) in [6.45, 7) is 0. The van der Waals surface area contributed by atoms with Gasteiger partial charge in [0.2, 0.25) is 0 Å². The molecule has 1 nitrogen and oxygen atoms in total. The van der Waals surface area contributed by atoms with Gasteiger partial charge >= 0.3 is 6.18 Å². The first-order valence-electron chi connectivity index (χ1n) is 4.30. The van der Waals surface area contributed by atoms with Crippen molar-refractivity contribution < 1.29 is 13.2 Å². The van der Waals surface area contributed by atoms with Crippen molar-refractivity contribution in [1.29, 1.82) is 0 Å². The van der Waals surface area contributed by atoms with Gasteiger partial charge in [-0.15, -0.1) is 0 Å². The van der Waals surface area contributed by atoms with Crippen LogP contribution in [0, 0.1) is 5.92 Å². The Morgan fingerprint density at radius 2 is 1.92 bits per heavy atom. The molecule has 1 aliphatic carbocycles. The molecule has 0 aromatic heterocycles. The summed E-state index contributed by atoms with van der Waals surface area (Å²) in [7, 11) is 0. The van der Waals surface area contributed by atoms with Crippen LogP contribution in [0.2, 0.25) is 0 Å². The molecule has 1 saturated carbocycles. The standard InChI is InChI=1S/C8H14F3N/c9-8(10,11)5-7(12)4-3-6-1-2-6/h6-7H,1-5,12H2. The van der Waals surface area contributed by atoms with Gasteiger partial charge < -0.3 is 5.73 Å². The van der Waals surface area contributed by atoms with Crippen LogP contribution < -0.4 is 5.73 Å². The highest BCUT2D eigenvalue weighted by Gasteiger charge is 2.31. The van der Waals surface area contributed by atoms with E-state index in [1.54, 1.807) is 0 Å². The number of nitrogens with two attached hydrogens (primary N) is 1. The Balaban J connectivity index is 2.05. The Bertz CT molecular complexity index is 140. The number of hydrogen-bond donors (Lipinski definition) is 1. The molecule has 0 aromatic rings. The average molecular weight is 181 g/mol. The summed E-state index contributed by atoms with van der Waals surface area (Å²) in [6.07, 6.45) is -1.18. The van der Waals surface area contributed by atoms with E-state index in [0.717, 1.165) is 6.42 Å². The first-order valence-corrected chi connectivity index (χ1v) is 4.30. The predicted molar refractivity (Wildman–Crippen MR) is 40.6 cm³/mol. The van der Waals surface area contributed by atoms with Crippen molar-refractivity contribution in [3.63, 3.8) is 0 Å². The van der Waals surface area contributed by atoms with Crippen LogP contribution in [0.1, 0.15) is 32.1 Å². The van der Waals surface area contributed by atoms with Gasteiger partial charge in [-0.05, 0) is 18.8 Å². The third-order valence-corrected chi connectivity index (χ3v) is 2.14. The summed E-state index contributed by atoms with van der Waals surface area (Å²) in [5.41, 5.74) is 5.32. The van der Waals surface area contributed by atoms with Crippen LogP contribution in [0.5, 0.6) is 0 Å². The van der Waals surface area contributed by atoms with Crippen LogP contribution in [0.3, 0.4) is 0 Å². The maximum absolute atomic E-state index is 11.8. The number of rotatable bonds is 4. The first-order chi connectivity index (χ1) is 5.47. The lowest BCUT2D eigenvalue weighted by Crippen LogP contribution is -2.27. The van der Waals surface area contributed by atoms with Gasteiger partial charge in [0.05, 0.1) is 6.42 Å². The second kappa shape index (κ2) is 3.64. The molecule has 0 radical (unpaired) electrons. The van der Waals surface area contributed by atoms with Gasteiger partial charge in [-0.25, -0.2) is 0 Å². The van der Waals surface area contributed by atoms with Gasteiger partial charge in [-0.1, -0.05) is 12.8 Å². The molecule has 0 aromatic carbocycles. The molecule has 2 N–H and O–H groups in total. The Labute approximate surface area is 70.1 Å². The van der Waals surface area contributed by atoms with Crippen LogP contribution in [-0.2, 0) is 0 Å². The maximum Gasteiger partial charge on any atom is 0.390 e. The zero-order valence-corrected chi connectivity index (χ0v) is 6.90. The van der Waals surface area contributed by atoms with Crippen LogP contribution in [0.25, 0.3) is 0 Å². The Kier molecular flexibility index (Phi) is 2.99. The van der Waals surface area contributed by atoms with E-state index in [0.29, 0.717) is 12.3 Å². The fourth-order valence-electron chi connectivity index (χ4n) is 1.26. The van der Waals surface area contributed by atoms with Gasteiger partial charge in [-0.3, -0.25) is 0 Å². The fraction of sp³-hybridized carbons (Fsp3) is 1.00. The Hall–Kier alpha value is -0.250. The van der Waals surface area contributed by atoms with Crippen molar-refractivity contribution in [2.45, 2.75) is 44.3 Å². The smallest absolute Gasteiger partial charge is 0.327 e. The van der Waals surface area contributed by atoms with Crippen molar-refractivity contribution in [3.05, 3.63) is 0 Å². The van der Waals surface area contributed by atoms with Crippen molar-refractivity contribution >= 4 is 0 Å². The topological polar surface area (TPSA) is 26.0 Å². The molecule has 1 aliphatic rings. The highest BCUT2D eigenvalue weighted by molar-refractivity contribution is 4.76. The summed E-state index contributed by atoms with van der Waals surface area (Å²) in [4.78, 5) is 0. The largest absolute Gasteiger partial charge is 0.390 e. The molecule has 1 rings (SSSR count). The van der Waals surface area contributed by atoms with E-state index in [9.17, 15) is 13.2 Å². The van der Waals surface area contributed by atoms with Gasteiger partial charge in [0.25, 0.3) is 0 Å². The third kappa shape index (κ3) is 4.59. The molecule has 0 aliphatic heterocycles. The molecule has 0 amide bonds. The van der Waals surface area contributed by atoms with Crippen molar-refractivity contribution in [3.8, 4) is 0 Å². The first kappa shape index (κ1) is 9.84. The van der Waals surface area contributed by atoms with Gasteiger partial charge in [-0.2, -0.15) is 13.2 Å². The summed E-state index contributed by atoms with van der Waals surface area (Å²) in [5, 5.41) is 0. The summed E-state index contributed by atoms with van der Waals surface area (Å²) in [5.74, 6) is 0.671. The minimum absolute atomic E-state index is 0.518. The van der Waals surface area contributed by atoms with Crippen LogP contribution in [0.15, 0.2) is 0 Å². The monoisotopic (exact) mass is 181 g/mol. The molecule has 72 valence electrons. The van der Waals surface area contributed by atoms with E-state index in [2.05, 4.69) is 0 Å². The minimum Gasteiger partial charge on any atom is -0.327 e. The molecule has 1 unspecified atom stereocenters. The lowest BCUT2D eigenvalue weighted by Gasteiger charge is -2.13. The normalized spacial score (nSPS) is 21.0. The van der Waals surface area contributed by atoms with E-state index in [-0.39, 0.29) is 0 Å². The summed E-state index contributed by atoms with van der Waals surface area (Å²) < 4.78 is 35.3. The molecule has 1 fully saturated rings. The molecule has 4 heteroatoms. The van der Waals surface area contributed by atoms with Crippen molar-refractivity contribution in [1.82, 2.24) is 0 Å². The highest BCUT2D eigenvalue weighted by Crippen LogP contribution is 2.34. The highest BCUT2D eigenvalue weighted by atomic mass is 19.4. The SMILES string of the molecule is NC(CCC1CC1)CC(F)(F)F. The Morgan fingerprint density at radius 3 is 2.33 bits per heavy atom. The van der Waals surface area contributed by atoms with Gasteiger partial charge in [0, 0.05) is 6.04 Å². The number of alkyl halides is 3. The summed E-state index contributed by atoms with van der Waals surface area (Å²) in [6, 6.07) is -0.689. The van der Waals surface area contributed by atoms with Crippen LogP contribution >= 0.6 is 0 Å². The predicted octanol–water partition coefficient (Wildman–Crippen LogP) is 2.46. The van der Waals surface area contributed by atoms with E-state index < -0.39 is 18.6 Å². The van der Waals surface area contributed by atoms with E-state index in [4.69, 9.17) is 5.73 Å². The molecular weight excluding hydrogens is 167 g/mol. The molecule has 0 heterocycles. The van der Waals surface area contributed by atoms with E-state index in [1.165, 1.54) is 12.8 Å².